The second-order valence-electron chi connectivity index (χ2n) is 3.09. The summed E-state index contributed by atoms with van der Waals surface area (Å²) in [6, 6.07) is 1.84. The Morgan fingerprint density at radius 3 is 2.20 bits per heavy atom. The van der Waals surface area contributed by atoms with Crippen LogP contribution in [0.4, 0.5) is 17.6 Å². The third-order valence-electron chi connectivity index (χ3n) is 1.86. The molecule has 84 valence electrons. The van der Waals surface area contributed by atoms with Gasteiger partial charge in [0, 0.05) is 6.54 Å². The van der Waals surface area contributed by atoms with Gasteiger partial charge in [-0.25, -0.2) is 13.2 Å². The van der Waals surface area contributed by atoms with Crippen molar-refractivity contribution in [2.45, 2.75) is 13.0 Å². The summed E-state index contributed by atoms with van der Waals surface area (Å²) >= 11 is 0. The van der Waals surface area contributed by atoms with E-state index < -0.39 is 24.1 Å². The highest BCUT2D eigenvalue weighted by molar-refractivity contribution is 5.19. The van der Waals surface area contributed by atoms with Gasteiger partial charge in [0.1, 0.15) is 0 Å². The summed E-state index contributed by atoms with van der Waals surface area (Å²) in [4.78, 5) is 0. The van der Waals surface area contributed by atoms with Crippen molar-refractivity contribution in [1.82, 2.24) is 5.32 Å². The molecule has 1 nitrogen and oxygen atoms in total. The first-order valence-electron chi connectivity index (χ1n) is 4.55. The van der Waals surface area contributed by atoms with E-state index in [1.54, 1.807) is 0 Å². The van der Waals surface area contributed by atoms with Crippen LogP contribution in [0.2, 0.25) is 0 Å². The van der Waals surface area contributed by atoms with Gasteiger partial charge in [0.25, 0.3) is 0 Å². The molecule has 1 rings (SSSR count). The highest BCUT2D eigenvalue weighted by Gasteiger charge is 2.09. The molecule has 1 aromatic carbocycles. The summed E-state index contributed by atoms with van der Waals surface area (Å²) in [6.45, 7) is 0.157. The molecule has 0 spiro atoms. The Balaban J connectivity index is 2.55. The molecular weight excluding hydrogens is 210 g/mol. The standard InChI is InChI=1S/C10H11F4N/c11-2-1-3-15-6-7-4-8(12)10(14)9(13)5-7/h4-5,15H,1-3,6H2. The maximum atomic E-state index is 12.7. The predicted molar refractivity (Wildman–Crippen MR) is 48.6 cm³/mol. The minimum Gasteiger partial charge on any atom is -0.313 e. The first kappa shape index (κ1) is 12.0. The molecule has 0 saturated heterocycles. The minimum atomic E-state index is -1.47. The van der Waals surface area contributed by atoms with Crippen molar-refractivity contribution in [3.05, 3.63) is 35.1 Å². The van der Waals surface area contributed by atoms with Gasteiger partial charge < -0.3 is 5.32 Å². The van der Waals surface area contributed by atoms with Gasteiger partial charge in [-0.2, -0.15) is 0 Å². The topological polar surface area (TPSA) is 12.0 Å². The van der Waals surface area contributed by atoms with E-state index >= 15 is 0 Å². The zero-order valence-corrected chi connectivity index (χ0v) is 7.99. The molecule has 15 heavy (non-hydrogen) atoms. The Morgan fingerprint density at radius 1 is 1.07 bits per heavy atom. The molecule has 0 saturated carbocycles. The third-order valence-corrected chi connectivity index (χ3v) is 1.86. The molecule has 0 atom stereocenters. The van der Waals surface area contributed by atoms with Crippen LogP contribution in [0.15, 0.2) is 12.1 Å². The molecule has 0 heterocycles. The summed E-state index contributed by atoms with van der Waals surface area (Å²) < 4.78 is 49.6. The molecule has 0 aliphatic heterocycles. The molecule has 1 aromatic rings. The van der Waals surface area contributed by atoms with Crippen molar-refractivity contribution in [3.8, 4) is 0 Å². The Kier molecular flexibility index (Phi) is 4.55. The van der Waals surface area contributed by atoms with Crippen molar-refractivity contribution >= 4 is 0 Å². The highest BCUT2D eigenvalue weighted by Crippen LogP contribution is 2.13. The lowest BCUT2D eigenvalue weighted by Gasteiger charge is -2.04. The Morgan fingerprint density at radius 2 is 1.67 bits per heavy atom. The summed E-state index contributed by atoms with van der Waals surface area (Å²) in [5.41, 5.74) is 0.297. The minimum absolute atomic E-state index is 0.189. The average Bonchev–Trinajstić information content (AvgIpc) is 2.21. The Bertz CT molecular complexity index is 304. The summed E-state index contributed by atoms with van der Waals surface area (Å²) in [6.07, 6.45) is 0.339. The molecule has 5 heteroatoms. The number of hydrogen-bond acceptors (Lipinski definition) is 1. The monoisotopic (exact) mass is 221 g/mol. The van der Waals surface area contributed by atoms with E-state index in [-0.39, 0.29) is 6.54 Å². The number of nitrogens with one attached hydrogen (secondary N) is 1. The van der Waals surface area contributed by atoms with Gasteiger partial charge in [-0.05, 0) is 30.7 Å². The first-order valence-corrected chi connectivity index (χ1v) is 4.55. The summed E-state index contributed by atoms with van der Waals surface area (Å²) in [5.74, 6) is -3.89. The molecule has 0 unspecified atom stereocenters. The van der Waals surface area contributed by atoms with E-state index in [9.17, 15) is 17.6 Å². The molecule has 0 radical (unpaired) electrons. The van der Waals surface area contributed by atoms with Gasteiger partial charge in [0.15, 0.2) is 17.5 Å². The van der Waals surface area contributed by atoms with Crippen molar-refractivity contribution in [3.63, 3.8) is 0 Å². The quantitative estimate of drug-likeness (QED) is 0.457. The first-order chi connectivity index (χ1) is 7.15. The van der Waals surface area contributed by atoms with Crippen molar-refractivity contribution in [2.75, 3.05) is 13.2 Å². The van der Waals surface area contributed by atoms with Crippen LogP contribution in [0.5, 0.6) is 0 Å². The Hall–Kier alpha value is -1.10. The Labute approximate surface area is 85.1 Å². The van der Waals surface area contributed by atoms with Crippen LogP contribution in [-0.4, -0.2) is 13.2 Å². The van der Waals surface area contributed by atoms with E-state index in [1.807, 2.05) is 0 Å². The molecule has 0 aliphatic carbocycles. The number of rotatable bonds is 5. The molecule has 0 aliphatic rings. The lowest BCUT2D eigenvalue weighted by molar-refractivity contribution is 0.442. The van der Waals surface area contributed by atoms with Crippen molar-refractivity contribution in [1.29, 1.82) is 0 Å². The van der Waals surface area contributed by atoms with E-state index in [4.69, 9.17) is 0 Å². The highest BCUT2D eigenvalue weighted by atomic mass is 19.2. The van der Waals surface area contributed by atoms with E-state index in [2.05, 4.69) is 5.32 Å². The zero-order valence-electron chi connectivity index (χ0n) is 7.99. The van der Waals surface area contributed by atoms with Crippen molar-refractivity contribution in [2.24, 2.45) is 0 Å². The van der Waals surface area contributed by atoms with E-state index in [0.717, 1.165) is 12.1 Å². The van der Waals surface area contributed by atoms with E-state index in [0.29, 0.717) is 18.5 Å². The normalized spacial score (nSPS) is 10.7. The fourth-order valence-electron chi connectivity index (χ4n) is 1.13. The van der Waals surface area contributed by atoms with Crippen LogP contribution >= 0.6 is 0 Å². The van der Waals surface area contributed by atoms with Crippen LogP contribution in [0.1, 0.15) is 12.0 Å². The van der Waals surface area contributed by atoms with Crippen LogP contribution in [0, 0.1) is 17.5 Å². The number of alkyl halides is 1. The van der Waals surface area contributed by atoms with Gasteiger partial charge in [0.05, 0.1) is 6.67 Å². The average molecular weight is 221 g/mol. The van der Waals surface area contributed by atoms with Gasteiger partial charge in [-0.3, -0.25) is 4.39 Å². The second-order valence-corrected chi connectivity index (χ2v) is 3.09. The predicted octanol–water partition coefficient (Wildman–Crippen LogP) is 2.55. The molecular formula is C10H11F4N. The number of benzene rings is 1. The van der Waals surface area contributed by atoms with Crippen molar-refractivity contribution < 1.29 is 17.6 Å². The lowest BCUT2D eigenvalue weighted by Crippen LogP contribution is -2.15. The van der Waals surface area contributed by atoms with Crippen LogP contribution in [0.3, 0.4) is 0 Å². The number of hydrogen-bond donors (Lipinski definition) is 1. The van der Waals surface area contributed by atoms with Crippen LogP contribution < -0.4 is 5.32 Å². The molecule has 0 fully saturated rings. The number of halogens is 4. The molecule has 1 N–H and O–H groups in total. The SMILES string of the molecule is FCCCNCc1cc(F)c(F)c(F)c1. The largest absolute Gasteiger partial charge is 0.313 e. The second kappa shape index (κ2) is 5.70. The van der Waals surface area contributed by atoms with Crippen LogP contribution in [0.25, 0.3) is 0 Å². The fraction of sp³-hybridized carbons (Fsp3) is 0.400. The van der Waals surface area contributed by atoms with E-state index in [1.165, 1.54) is 0 Å². The smallest absolute Gasteiger partial charge is 0.194 e. The maximum Gasteiger partial charge on any atom is 0.194 e. The maximum absolute atomic E-state index is 12.7. The van der Waals surface area contributed by atoms with Gasteiger partial charge in [-0.15, -0.1) is 0 Å². The van der Waals surface area contributed by atoms with Gasteiger partial charge in [0.2, 0.25) is 0 Å². The molecule has 0 amide bonds. The summed E-state index contributed by atoms with van der Waals surface area (Å²) in [7, 11) is 0. The molecule has 0 aromatic heterocycles. The fourth-order valence-corrected chi connectivity index (χ4v) is 1.13. The van der Waals surface area contributed by atoms with Crippen LogP contribution in [-0.2, 0) is 6.54 Å². The lowest BCUT2D eigenvalue weighted by atomic mass is 10.2. The van der Waals surface area contributed by atoms with Gasteiger partial charge >= 0.3 is 0 Å². The molecule has 0 bridgehead atoms. The zero-order chi connectivity index (χ0) is 11.3. The summed E-state index contributed by atoms with van der Waals surface area (Å²) in [5, 5.41) is 2.78. The van der Waals surface area contributed by atoms with Gasteiger partial charge in [-0.1, -0.05) is 0 Å². The third kappa shape index (κ3) is 3.51.